The molecule has 10 heteroatoms. The van der Waals surface area contributed by atoms with Crippen LogP contribution in [-0.2, 0) is 31.7 Å². The molecule has 1 fully saturated rings. The molecular weight excluding hydrogens is 478 g/mol. The largest absolute Gasteiger partial charge is 0.450 e. The van der Waals surface area contributed by atoms with Crippen LogP contribution in [0, 0.1) is 0 Å². The maximum Gasteiger partial charge on any atom is 0.409 e. The van der Waals surface area contributed by atoms with E-state index in [1.807, 2.05) is 12.1 Å². The molecule has 0 N–H and O–H groups in total. The first-order valence-corrected chi connectivity index (χ1v) is 13.1. The highest BCUT2D eigenvalue weighted by Gasteiger charge is 2.27. The first-order valence-electron chi connectivity index (χ1n) is 11.0. The SMILES string of the molecule is CCOC(=O)N1CCN(C(=O)Cn2cc(S(=O)(=O)Cc3ccc(Cl)cc3)c3ccccc32)CC1. The van der Waals surface area contributed by atoms with E-state index in [2.05, 4.69) is 0 Å². The van der Waals surface area contributed by atoms with E-state index in [9.17, 15) is 18.0 Å². The zero-order valence-electron chi connectivity index (χ0n) is 18.8. The van der Waals surface area contributed by atoms with Gasteiger partial charge in [-0.05, 0) is 30.7 Å². The van der Waals surface area contributed by atoms with Gasteiger partial charge in [-0.25, -0.2) is 13.2 Å². The lowest BCUT2D eigenvalue weighted by Crippen LogP contribution is -2.51. The van der Waals surface area contributed by atoms with Crippen molar-refractivity contribution in [2.45, 2.75) is 24.1 Å². The number of hydrogen-bond donors (Lipinski definition) is 0. The lowest BCUT2D eigenvalue weighted by Gasteiger charge is -2.34. The summed E-state index contributed by atoms with van der Waals surface area (Å²) >= 11 is 5.92. The number of ether oxygens (including phenoxy) is 1. The minimum Gasteiger partial charge on any atom is -0.450 e. The predicted octanol–water partition coefficient (Wildman–Crippen LogP) is 3.57. The van der Waals surface area contributed by atoms with Crippen molar-refractivity contribution in [1.29, 1.82) is 0 Å². The number of aromatic nitrogens is 1. The second-order valence-electron chi connectivity index (χ2n) is 8.09. The Morgan fingerprint density at radius 1 is 0.971 bits per heavy atom. The van der Waals surface area contributed by atoms with Crippen LogP contribution in [0.4, 0.5) is 4.79 Å². The highest BCUT2D eigenvalue weighted by Crippen LogP contribution is 2.28. The Kier molecular flexibility index (Phi) is 7.13. The van der Waals surface area contributed by atoms with E-state index < -0.39 is 9.84 Å². The van der Waals surface area contributed by atoms with Gasteiger partial charge in [-0.1, -0.05) is 41.9 Å². The molecule has 0 aliphatic carbocycles. The number of rotatable bonds is 6. The Hall–Kier alpha value is -3.04. The number of benzene rings is 2. The molecule has 0 bridgehead atoms. The number of carbonyl (C=O) groups excluding carboxylic acids is 2. The van der Waals surface area contributed by atoms with Gasteiger partial charge in [-0.15, -0.1) is 0 Å². The molecule has 8 nitrogen and oxygen atoms in total. The molecule has 0 saturated carbocycles. The predicted molar refractivity (Wildman–Crippen MR) is 129 cm³/mol. The van der Waals surface area contributed by atoms with Gasteiger partial charge in [0.05, 0.1) is 17.3 Å². The zero-order valence-corrected chi connectivity index (χ0v) is 20.4. The van der Waals surface area contributed by atoms with Crippen molar-refractivity contribution in [2.75, 3.05) is 32.8 Å². The standard InChI is InChI=1S/C24H26ClN3O5S/c1-2-33-24(30)27-13-11-26(12-14-27)23(29)16-28-15-22(20-5-3-4-6-21(20)28)34(31,32)17-18-7-9-19(25)10-8-18/h3-10,15H,2,11-14,16-17H2,1H3. The van der Waals surface area contributed by atoms with Crippen molar-refractivity contribution in [1.82, 2.24) is 14.4 Å². The molecular formula is C24H26ClN3O5S. The molecule has 1 aliphatic heterocycles. The van der Waals surface area contributed by atoms with Crippen LogP contribution >= 0.6 is 11.6 Å². The monoisotopic (exact) mass is 503 g/mol. The molecule has 34 heavy (non-hydrogen) atoms. The number of sulfone groups is 1. The lowest BCUT2D eigenvalue weighted by molar-refractivity contribution is -0.133. The van der Waals surface area contributed by atoms with E-state index in [0.29, 0.717) is 54.3 Å². The Labute approximate surface area is 203 Å². The first-order chi connectivity index (χ1) is 16.3. The van der Waals surface area contributed by atoms with Crippen LogP contribution in [0.3, 0.4) is 0 Å². The fraction of sp³-hybridized carbons (Fsp3) is 0.333. The van der Waals surface area contributed by atoms with Gasteiger partial charge in [0.2, 0.25) is 5.91 Å². The maximum absolute atomic E-state index is 13.3. The van der Waals surface area contributed by atoms with E-state index in [-0.39, 0.29) is 29.2 Å². The molecule has 1 aliphatic rings. The molecule has 4 rings (SSSR count). The van der Waals surface area contributed by atoms with Gasteiger partial charge in [-0.3, -0.25) is 4.79 Å². The summed E-state index contributed by atoms with van der Waals surface area (Å²) < 4.78 is 33.2. The molecule has 2 heterocycles. The van der Waals surface area contributed by atoms with E-state index >= 15 is 0 Å². The zero-order chi connectivity index (χ0) is 24.3. The summed E-state index contributed by atoms with van der Waals surface area (Å²) in [5.41, 5.74) is 1.31. The number of carbonyl (C=O) groups is 2. The Morgan fingerprint density at radius 2 is 1.62 bits per heavy atom. The fourth-order valence-corrected chi connectivity index (χ4v) is 5.78. The smallest absolute Gasteiger partial charge is 0.409 e. The minimum absolute atomic E-state index is 0.0103. The molecule has 0 radical (unpaired) electrons. The number of halogens is 1. The number of fused-ring (bicyclic) bond motifs is 1. The van der Waals surface area contributed by atoms with Gasteiger partial charge in [0.15, 0.2) is 9.84 Å². The number of hydrogen-bond acceptors (Lipinski definition) is 5. The summed E-state index contributed by atoms with van der Waals surface area (Å²) in [6.45, 7) is 3.67. The van der Waals surface area contributed by atoms with Crippen LogP contribution in [0.2, 0.25) is 5.02 Å². The molecule has 3 aromatic rings. The van der Waals surface area contributed by atoms with Gasteiger partial charge in [0, 0.05) is 48.3 Å². The van der Waals surface area contributed by atoms with Gasteiger partial charge < -0.3 is 19.1 Å². The molecule has 0 spiro atoms. The Balaban J connectivity index is 1.52. The summed E-state index contributed by atoms with van der Waals surface area (Å²) in [6.07, 6.45) is 1.17. The third kappa shape index (κ3) is 5.20. The summed E-state index contributed by atoms with van der Waals surface area (Å²) in [4.78, 5) is 28.4. The second-order valence-corrected chi connectivity index (χ2v) is 10.5. The van der Waals surface area contributed by atoms with Crippen LogP contribution in [0.1, 0.15) is 12.5 Å². The van der Waals surface area contributed by atoms with Crippen molar-refractivity contribution < 1.29 is 22.7 Å². The Morgan fingerprint density at radius 3 is 2.29 bits per heavy atom. The van der Waals surface area contributed by atoms with Crippen molar-refractivity contribution >= 4 is 44.3 Å². The third-order valence-electron chi connectivity index (χ3n) is 5.82. The van der Waals surface area contributed by atoms with Gasteiger partial charge in [-0.2, -0.15) is 0 Å². The summed E-state index contributed by atoms with van der Waals surface area (Å²) in [5.74, 6) is -0.298. The molecule has 1 aromatic heterocycles. The van der Waals surface area contributed by atoms with Crippen molar-refractivity contribution in [2.24, 2.45) is 0 Å². The molecule has 2 amide bonds. The lowest BCUT2D eigenvalue weighted by atomic mass is 10.2. The highest BCUT2D eigenvalue weighted by atomic mass is 35.5. The molecule has 0 atom stereocenters. The number of nitrogens with zero attached hydrogens (tertiary/aromatic N) is 3. The number of piperazine rings is 1. The van der Waals surface area contributed by atoms with Crippen molar-refractivity contribution in [3.8, 4) is 0 Å². The Bertz CT molecular complexity index is 1300. The number of amides is 2. The van der Waals surface area contributed by atoms with Crippen LogP contribution in [-0.4, -0.2) is 67.6 Å². The summed E-state index contributed by atoms with van der Waals surface area (Å²) in [5, 5.41) is 1.12. The van der Waals surface area contributed by atoms with Gasteiger partial charge >= 0.3 is 6.09 Å². The van der Waals surface area contributed by atoms with Crippen molar-refractivity contribution in [3.05, 3.63) is 65.3 Å². The number of para-hydroxylation sites is 1. The first kappa shape index (κ1) is 24.1. The van der Waals surface area contributed by atoms with Crippen LogP contribution in [0.5, 0.6) is 0 Å². The quantitative estimate of drug-likeness (QED) is 0.513. The summed E-state index contributed by atoms with van der Waals surface area (Å²) in [6, 6.07) is 13.9. The van der Waals surface area contributed by atoms with Crippen molar-refractivity contribution in [3.63, 3.8) is 0 Å². The minimum atomic E-state index is -3.66. The van der Waals surface area contributed by atoms with E-state index in [1.165, 1.54) is 0 Å². The van der Waals surface area contributed by atoms with Gasteiger partial charge in [0.1, 0.15) is 6.54 Å². The topological polar surface area (TPSA) is 88.9 Å². The van der Waals surface area contributed by atoms with Crippen LogP contribution in [0.25, 0.3) is 10.9 Å². The molecule has 2 aromatic carbocycles. The maximum atomic E-state index is 13.3. The van der Waals surface area contributed by atoms with E-state index in [4.69, 9.17) is 16.3 Å². The van der Waals surface area contributed by atoms with E-state index in [0.717, 1.165) is 0 Å². The normalized spacial score (nSPS) is 14.4. The molecule has 1 saturated heterocycles. The van der Waals surface area contributed by atoms with Gasteiger partial charge in [0.25, 0.3) is 0 Å². The summed E-state index contributed by atoms with van der Waals surface area (Å²) in [7, 11) is -3.66. The second kappa shape index (κ2) is 10.1. The average molecular weight is 504 g/mol. The van der Waals surface area contributed by atoms with Crippen LogP contribution in [0.15, 0.2) is 59.6 Å². The molecule has 180 valence electrons. The fourth-order valence-electron chi connectivity index (χ4n) is 4.07. The van der Waals surface area contributed by atoms with E-state index in [1.54, 1.807) is 63.9 Å². The third-order valence-corrected chi connectivity index (χ3v) is 7.78. The highest BCUT2D eigenvalue weighted by molar-refractivity contribution is 7.90. The molecule has 0 unspecified atom stereocenters. The average Bonchev–Trinajstić information content (AvgIpc) is 3.20. The van der Waals surface area contributed by atoms with Crippen LogP contribution < -0.4 is 0 Å².